The second-order valence-electron chi connectivity index (χ2n) is 5.86. The van der Waals surface area contributed by atoms with Crippen LogP contribution in [-0.4, -0.2) is 13.1 Å². The lowest BCUT2D eigenvalue weighted by Crippen LogP contribution is -2.17. The maximum atomic E-state index is 11.3. The Morgan fingerprint density at radius 3 is 1.88 bits per heavy atom. The monoisotopic (exact) mass is 242 g/mol. The Kier molecular flexibility index (Phi) is 8.28. The first-order chi connectivity index (χ1) is 7.90. The second kappa shape index (κ2) is 8.54. The highest BCUT2D eigenvalue weighted by atomic mass is 16.5. The SMILES string of the molecule is CC[C@@H](C)C[C@@H](C)C[C@@H](C)C[C@@H](C)C(=O)OC. The first kappa shape index (κ1) is 16.5. The van der Waals surface area contributed by atoms with Crippen LogP contribution in [0.3, 0.4) is 0 Å². The lowest BCUT2D eigenvalue weighted by atomic mass is 9.85. The van der Waals surface area contributed by atoms with Gasteiger partial charge in [0.15, 0.2) is 0 Å². The summed E-state index contributed by atoms with van der Waals surface area (Å²) in [6.45, 7) is 11.1. The number of hydrogen-bond acceptors (Lipinski definition) is 2. The summed E-state index contributed by atoms with van der Waals surface area (Å²) in [5.74, 6) is 2.13. The van der Waals surface area contributed by atoms with Gasteiger partial charge < -0.3 is 4.74 Å². The van der Waals surface area contributed by atoms with Crippen LogP contribution in [-0.2, 0) is 9.53 Å². The molecule has 0 aromatic carbocycles. The molecule has 0 aromatic rings. The van der Waals surface area contributed by atoms with Crippen LogP contribution in [0.15, 0.2) is 0 Å². The molecule has 102 valence electrons. The third kappa shape index (κ3) is 7.40. The van der Waals surface area contributed by atoms with Crippen molar-refractivity contribution in [2.24, 2.45) is 23.7 Å². The Hall–Kier alpha value is -0.530. The van der Waals surface area contributed by atoms with Crippen LogP contribution < -0.4 is 0 Å². The molecule has 0 rings (SSSR count). The molecule has 0 fully saturated rings. The Bertz CT molecular complexity index is 213. The Labute approximate surface area is 107 Å². The first-order valence-electron chi connectivity index (χ1n) is 6.98. The van der Waals surface area contributed by atoms with Crippen molar-refractivity contribution in [3.63, 3.8) is 0 Å². The average molecular weight is 242 g/mol. The van der Waals surface area contributed by atoms with Gasteiger partial charge in [-0.2, -0.15) is 0 Å². The Morgan fingerprint density at radius 1 is 0.941 bits per heavy atom. The van der Waals surface area contributed by atoms with E-state index in [-0.39, 0.29) is 11.9 Å². The van der Waals surface area contributed by atoms with Crippen LogP contribution >= 0.6 is 0 Å². The van der Waals surface area contributed by atoms with Crippen LogP contribution in [0.2, 0.25) is 0 Å². The van der Waals surface area contributed by atoms with Crippen molar-refractivity contribution >= 4 is 5.97 Å². The zero-order chi connectivity index (χ0) is 13.4. The number of rotatable bonds is 8. The molecule has 0 heterocycles. The van der Waals surface area contributed by atoms with E-state index in [1.165, 1.54) is 26.4 Å². The van der Waals surface area contributed by atoms with Crippen LogP contribution in [0.25, 0.3) is 0 Å². The fraction of sp³-hybridized carbons (Fsp3) is 0.933. The predicted molar refractivity (Wildman–Crippen MR) is 72.8 cm³/mol. The van der Waals surface area contributed by atoms with Gasteiger partial charge >= 0.3 is 5.97 Å². The molecule has 0 unspecified atom stereocenters. The molecule has 17 heavy (non-hydrogen) atoms. The summed E-state index contributed by atoms with van der Waals surface area (Å²) in [7, 11) is 1.47. The van der Waals surface area contributed by atoms with E-state index in [0.717, 1.165) is 18.3 Å². The maximum absolute atomic E-state index is 11.3. The lowest BCUT2D eigenvalue weighted by Gasteiger charge is -2.21. The van der Waals surface area contributed by atoms with Gasteiger partial charge in [0.05, 0.1) is 13.0 Å². The van der Waals surface area contributed by atoms with Crippen molar-refractivity contribution in [1.82, 2.24) is 0 Å². The minimum Gasteiger partial charge on any atom is -0.469 e. The molecule has 2 nitrogen and oxygen atoms in total. The fourth-order valence-corrected chi connectivity index (χ4v) is 2.63. The second-order valence-corrected chi connectivity index (χ2v) is 5.86. The number of hydrogen-bond donors (Lipinski definition) is 0. The normalized spacial score (nSPS) is 18.2. The molecule has 0 saturated heterocycles. The molecule has 0 saturated carbocycles. The highest BCUT2D eigenvalue weighted by molar-refractivity contribution is 5.71. The van der Waals surface area contributed by atoms with E-state index in [2.05, 4.69) is 27.7 Å². The summed E-state index contributed by atoms with van der Waals surface area (Å²) < 4.78 is 4.76. The Balaban J connectivity index is 3.92. The summed E-state index contributed by atoms with van der Waals surface area (Å²) in [5.41, 5.74) is 0. The van der Waals surface area contributed by atoms with Gasteiger partial charge in [-0.25, -0.2) is 0 Å². The molecule has 0 amide bonds. The first-order valence-corrected chi connectivity index (χ1v) is 6.98. The zero-order valence-electron chi connectivity index (χ0n) is 12.5. The van der Waals surface area contributed by atoms with E-state index >= 15 is 0 Å². The largest absolute Gasteiger partial charge is 0.469 e. The van der Waals surface area contributed by atoms with Crippen molar-refractivity contribution in [2.45, 2.75) is 60.3 Å². The average Bonchev–Trinajstić information content (AvgIpc) is 2.26. The van der Waals surface area contributed by atoms with E-state index in [4.69, 9.17) is 4.74 Å². The quantitative estimate of drug-likeness (QED) is 0.594. The van der Waals surface area contributed by atoms with E-state index in [9.17, 15) is 4.79 Å². The van der Waals surface area contributed by atoms with Crippen molar-refractivity contribution in [1.29, 1.82) is 0 Å². The van der Waals surface area contributed by atoms with Gasteiger partial charge in [-0.1, -0.05) is 41.0 Å². The molecule has 0 spiro atoms. The molecule has 0 N–H and O–H groups in total. The van der Waals surface area contributed by atoms with Crippen molar-refractivity contribution in [3.8, 4) is 0 Å². The molecule has 0 aliphatic carbocycles. The highest BCUT2D eigenvalue weighted by Crippen LogP contribution is 2.25. The van der Waals surface area contributed by atoms with Crippen molar-refractivity contribution < 1.29 is 9.53 Å². The molecule has 0 radical (unpaired) electrons. The van der Waals surface area contributed by atoms with Gasteiger partial charge in [-0.05, 0) is 37.0 Å². The number of carbonyl (C=O) groups is 1. The third-order valence-corrected chi connectivity index (χ3v) is 3.67. The predicted octanol–water partition coefficient (Wildman–Crippen LogP) is 4.28. The molecule has 0 aliphatic rings. The van der Waals surface area contributed by atoms with Gasteiger partial charge in [-0.3, -0.25) is 4.79 Å². The van der Waals surface area contributed by atoms with Gasteiger partial charge in [-0.15, -0.1) is 0 Å². The van der Waals surface area contributed by atoms with Gasteiger partial charge in [0, 0.05) is 0 Å². The summed E-state index contributed by atoms with van der Waals surface area (Å²) in [6, 6.07) is 0. The lowest BCUT2D eigenvalue weighted by molar-refractivity contribution is -0.145. The molecule has 0 bridgehead atoms. The highest BCUT2D eigenvalue weighted by Gasteiger charge is 2.18. The molecule has 0 aliphatic heterocycles. The van der Waals surface area contributed by atoms with Gasteiger partial charge in [0.2, 0.25) is 0 Å². The summed E-state index contributed by atoms with van der Waals surface area (Å²) in [4.78, 5) is 11.3. The zero-order valence-corrected chi connectivity index (χ0v) is 12.5. The molecular weight excluding hydrogens is 212 g/mol. The number of ether oxygens (including phenoxy) is 1. The van der Waals surface area contributed by atoms with E-state index in [1.54, 1.807) is 0 Å². The summed E-state index contributed by atoms with van der Waals surface area (Å²) >= 11 is 0. The topological polar surface area (TPSA) is 26.3 Å². The maximum Gasteiger partial charge on any atom is 0.308 e. The number of carbonyl (C=O) groups excluding carboxylic acids is 1. The minimum atomic E-state index is -0.0774. The number of methoxy groups -OCH3 is 1. The van der Waals surface area contributed by atoms with Crippen molar-refractivity contribution in [2.75, 3.05) is 7.11 Å². The third-order valence-electron chi connectivity index (χ3n) is 3.67. The van der Waals surface area contributed by atoms with Gasteiger partial charge in [0.1, 0.15) is 0 Å². The molecule has 0 aromatic heterocycles. The van der Waals surface area contributed by atoms with Crippen LogP contribution in [0, 0.1) is 23.7 Å². The van der Waals surface area contributed by atoms with E-state index in [0.29, 0.717) is 5.92 Å². The van der Waals surface area contributed by atoms with E-state index < -0.39 is 0 Å². The summed E-state index contributed by atoms with van der Waals surface area (Å²) in [5, 5.41) is 0. The van der Waals surface area contributed by atoms with Gasteiger partial charge in [0.25, 0.3) is 0 Å². The van der Waals surface area contributed by atoms with E-state index in [1.807, 2.05) is 6.92 Å². The van der Waals surface area contributed by atoms with Crippen LogP contribution in [0.1, 0.15) is 60.3 Å². The fourth-order valence-electron chi connectivity index (χ4n) is 2.63. The standard InChI is InChI=1S/C15H30O2/c1-7-11(2)8-12(3)9-13(4)10-14(5)15(16)17-6/h11-14H,7-10H2,1-6H3/t11-,12-,13-,14-/m1/s1. The number of esters is 1. The van der Waals surface area contributed by atoms with Crippen molar-refractivity contribution in [3.05, 3.63) is 0 Å². The molecular formula is C15H30O2. The Morgan fingerprint density at radius 2 is 1.41 bits per heavy atom. The molecule has 2 heteroatoms. The minimum absolute atomic E-state index is 0.0331. The van der Waals surface area contributed by atoms with Crippen LogP contribution in [0.4, 0.5) is 0 Å². The van der Waals surface area contributed by atoms with Crippen LogP contribution in [0.5, 0.6) is 0 Å². The summed E-state index contributed by atoms with van der Waals surface area (Å²) in [6.07, 6.45) is 4.72. The smallest absolute Gasteiger partial charge is 0.308 e. The molecule has 4 atom stereocenters.